The van der Waals surface area contributed by atoms with Gasteiger partial charge in [-0.05, 0) is 50.7 Å². The van der Waals surface area contributed by atoms with Crippen molar-refractivity contribution in [1.29, 1.82) is 0 Å². The first kappa shape index (κ1) is 18.4. The van der Waals surface area contributed by atoms with Gasteiger partial charge in [-0.15, -0.1) is 0 Å². The Morgan fingerprint density at radius 1 is 1.08 bits per heavy atom. The largest absolute Gasteiger partial charge is 0.393 e. The number of aliphatic hydroxyl groups excluding tert-OH is 1. The molecule has 25 heavy (non-hydrogen) atoms. The summed E-state index contributed by atoms with van der Waals surface area (Å²) in [6, 6.07) is 8.47. The van der Waals surface area contributed by atoms with Crippen LogP contribution in [0.2, 0.25) is 0 Å². The Balaban J connectivity index is 1.62. The number of nitrogens with one attached hydrogen (secondary N) is 1. The van der Waals surface area contributed by atoms with Gasteiger partial charge < -0.3 is 10.4 Å². The normalized spacial score (nSPS) is 28.4. The van der Waals surface area contributed by atoms with E-state index in [1.165, 1.54) is 4.31 Å². The zero-order valence-electron chi connectivity index (χ0n) is 14.3. The van der Waals surface area contributed by atoms with Gasteiger partial charge in [0.05, 0.1) is 16.9 Å². The molecule has 1 aromatic rings. The Kier molecular flexibility index (Phi) is 5.76. The molecule has 0 radical (unpaired) electrons. The molecule has 0 bridgehead atoms. The molecule has 138 valence electrons. The number of sulfonamides is 1. The van der Waals surface area contributed by atoms with E-state index in [9.17, 15) is 18.3 Å². The summed E-state index contributed by atoms with van der Waals surface area (Å²) in [5.41, 5.74) is 0. The summed E-state index contributed by atoms with van der Waals surface area (Å²) in [4.78, 5) is 12.8. The minimum atomic E-state index is -3.55. The molecule has 7 heteroatoms. The maximum absolute atomic E-state index is 12.7. The smallest absolute Gasteiger partial charge is 0.243 e. The molecular formula is C18H26N2O4S. The van der Waals surface area contributed by atoms with E-state index in [1.807, 2.05) is 0 Å². The van der Waals surface area contributed by atoms with Crippen LogP contribution in [0.4, 0.5) is 0 Å². The van der Waals surface area contributed by atoms with Gasteiger partial charge in [0.1, 0.15) is 0 Å². The van der Waals surface area contributed by atoms with Gasteiger partial charge in [-0.25, -0.2) is 8.42 Å². The van der Waals surface area contributed by atoms with Crippen molar-refractivity contribution < 1.29 is 18.3 Å². The van der Waals surface area contributed by atoms with Crippen LogP contribution in [0, 0.1) is 5.92 Å². The summed E-state index contributed by atoms with van der Waals surface area (Å²) in [6.07, 6.45) is 4.13. The highest BCUT2D eigenvalue weighted by Gasteiger charge is 2.34. The monoisotopic (exact) mass is 366 g/mol. The van der Waals surface area contributed by atoms with E-state index in [2.05, 4.69) is 5.32 Å². The maximum Gasteiger partial charge on any atom is 0.243 e. The van der Waals surface area contributed by atoms with Gasteiger partial charge in [-0.3, -0.25) is 4.79 Å². The first-order chi connectivity index (χ1) is 12.0. The fourth-order valence-corrected chi connectivity index (χ4v) is 5.20. The second-order valence-electron chi connectivity index (χ2n) is 7.03. The Bertz CT molecular complexity index is 684. The fraction of sp³-hybridized carbons (Fsp3) is 0.611. The van der Waals surface area contributed by atoms with Crippen LogP contribution in [0.5, 0.6) is 0 Å². The highest BCUT2D eigenvalue weighted by atomic mass is 32.2. The number of carbonyl (C=O) groups is 1. The van der Waals surface area contributed by atoms with Crippen molar-refractivity contribution in [1.82, 2.24) is 9.62 Å². The van der Waals surface area contributed by atoms with Gasteiger partial charge in [0.2, 0.25) is 15.9 Å². The highest BCUT2D eigenvalue weighted by molar-refractivity contribution is 7.89. The van der Waals surface area contributed by atoms with Crippen LogP contribution < -0.4 is 5.32 Å². The van der Waals surface area contributed by atoms with E-state index in [4.69, 9.17) is 0 Å². The number of nitrogens with zero attached hydrogens (tertiary/aromatic N) is 1. The second kappa shape index (κ2) is 7.85. The maximum atomic E-state index is 12.7. The van der Waals surface area contributed by atoms with E-state index in [-0.39, 0.29) is 35.4 Å². The molecule has 0 spiro atoms. The number of rotatable bonds is 4. The van der Waals surface area contributed by atoms with E-state index in [0.717, 1.165) is 12.8 Å². The Morgan fingerprint density at radius 2 is 1.76 bits per heavy atom. The highest BCUT2D eigenvalue weighted by Crippen LogP contribution is 2.25. The lowest BCUT2D eigenvalue weighted by atomic mass is 9.92. The summed E-state index contributed by atoms with van der Waals surface area (Å²) < 4.78 is 26.9. The molecule has 3 rings (SSSR count). The average molecular weight is 366 g/mol. The third-order valence-corrected chi connectivity index (χ3v) is 7.06. The molecule has 1 saturated carbocycles. The molecule has 1 aromatic carbocycles. The van der Waals surface area contributed by atoms with Gasteiger partial charge >= 0.3 is 0 Å². The zero-order valence-corrected chi connectivity index (χ0v) is 15.1. The van der Waals surface area contributed by atoms with Gasteiger partial charge in [0.25, 0.3) is 0 Å². The summed E-state index contributed by atoms with van der Waals surface area (Å²) >= 11 is 0. The predicted octanol–water partition coefficient (Wildman–Crippen LogP) is 1.51. The number of piperidine rings is 1. The quantitative estimate of drug-likeness (QED) is 0.846. The first-order valence-electron chi connectivity index (χ1n) is 9.00. The molecule has 1 amide bonds. The van der Waals surface area contributed by atoms with Crippen molar-refractivity contribution in [2.75, 3.05) is 13.1 Å². The molecule has 2 aliphatic rings. The Labute approximate surface area is 149 Å². The third kappa shape index (κ3) is 4.40. The fourth-order valence-electron chi connectivity index (χ4n) is 3.66. The lowest BCUT2D eigenvalue weighted by Crippen LogP contribution is -2.48. The SMILES string of the molecule is O=C(NC1CCC(O)CC1)[C@@H]1CCCN(S(=O)(=O)c2ccccc2)C1. The van der Waals surface area contributed by atoms with Gasteiger partial charge in [-0.2, -0.15) is 4.31 Å². The van der Waals surface area contributed by atoms with Crippen LogP contribution in [-0.4, -0.2) is 49.0 Å². The number of carbonyl (C=O) groups excluding carboxylic acids is 1. The number of benzene rings is 1. The Hall–Kier alpha value is -1.44. The first-order valence-corrected chi connectivity index (χ1v) is 10.4. The molecule has 1 aliphatic heterocycles. The minimum Gasteiger partial charge on any atom is -0.393 e. The number of amides is 1. The topological polar surface area (TPSA) is 86.7 Å². The van der Waals surface area contributed by atoms with Crippen LogP contribution in [0.1, 0.15) is 38.5 Å². The molecule has 2 N–H and O–H groups in total. The van der Waals surface area contributed by atoms with Crippen molar-refractivity contribution in [2.45, 2.75) is 55.6 Å². The van der Waals surface area contributed by atoms with E-state index < -0.39 is 10.0 Å². The number of hydrogen-bond donors (Lipinski definition) is 2. The minimum absolute atomic E-state index is 0.0608. The molecule has 1 heterocycles. The van der Waals surface area contributed by atoms with Crippen LogP contribution >= 0.6 is 0 Å². The van der Waals surface area contributed by atoms with E-state index in [1.54, 1.807) is 30.3 Å². The molecule has 1 aliphatic carbocycles. The van der Waals surface area contributed by atoms with Crippen molar-refractivity contribution in [3.05, 3.63) is 30.3 Å². The second-order valence-corrected chi connectivity index (χ2v) is 8.97. The lowest BCUT2D eigenvalue weighted by Gasteiger charge is -2.33. The van der Waals surface area contributed by atoms with Crippen molar-refractivity contribution in [3.63, 3.8) is 0 Å². The summed E-state index contributed by atoms with van der Waals surface area (Å²) in [5, 5.41) is 12.6. The zero-order chi connectivity index (χ0) is 17.9. The molecule has 0 unspecified atom stereocenters. The van der Waals surface area contributed by atoms with E-state index in [0.29, 0.717) is 32.2 Å². The van der Waals surface area contributed by atoms with Crippen molar-refractivity contribution >= 4 is 15.9 Å². The van der Waals surface area contributed by atoms with Crippen LogP contribution in [0.15, 0.2) is 35.2 Å². The van der Waals surface area contributed by atoms with Crippen LogP contribution in [0.3, 0.4) is 0 Å². The van der Waals surface area contributed by atoms with Gasteiger partial charge in [0.15, 0.2) is 0 Å². The lowest BCUT2D eigenvalue weighted by molar-refractivity contribution is -0.127. The summed E-state index contributed by atoms with van der Waals surface area (Å²) in [7, 11) is -3.55. The number of hydrogen-bond acceptors (Lipinski definition) is 4. The predicted molar refractivity (Wildman–Crippen MR) is 94.3 cm³/mol. The standard InChI is InChI=1S/C18H26N2O4S/c21-16-10-8-15(9-11-16)19-18(22)14-5-4-12-20(13-14)25(23,24)17-6-2-1-3-7-17/h1-3,6-7,14-16,21H,4-5,8-13H2,(H,19,22)/t14-,15?,16?/m1/s1. The van der Waals surface area contributed by atoms with Crippen molar-refractivity contribution in [2.24, 2.45) is 5.92 Å². The molecule has 1 saturated heterocycles. The molecule has 0 aromatic heterocycles. The number of aliphatic hydroxyl groups is 1. The third-order valence-electron chi connectivity index (χ3n) is 5.18. The Morgan fingerprint density at radius 3 is 2.44 bits per heavy atom. The summed E-state index contributed by atoms with van der Waals surface area (Å²) in [5.74, 6) is -0.367. The molecule has 2 fully saturated rings. The van der Waals surface area contributed by atoms with Crippen LogP contribution in [-0.2, 0) is 14.8 Å². The molecular weight excluding hydrogens is 340 g/mol. The molecule has 1 atom stereocenters. The van der Waals surface area contributed by atoms with Gasteiger partial charge in [-0.1, -0.05) is 18.2 Å². The van der Waals surface area contributed by atoms with E-state index >= 15 is 0 Å². The average Bonchev–Trinajstić information content (AvgIpc) is 2.64. The van der Waals surface area contributed by atoms with Gasteiger partial charge in [0, 0.05) is 19.1 Å². The molecule has 6 nitrogen and oxygen atoms in total. The summed E-state index contributed by atoms with van der Waals surface area (Å²) in [6.45, 7) is 0.690. The van der Waals surface area contributed by atoms with Crippen molar-refractivity contribution in [3.8, 4) is 0 Å². The van der Waals surface area contributed by atoms with Crippen LogP contribution in [0.25, 0.3) is 0 Å².